The maximum atomic E-state index is 11.6. The average Bonchev–Trinajstić information content (AvgIpc) is 2.17. The van der Waals surface area contributed by atoms with E-state index in [1.165, 1.54) is 0 Å². The summed E-state index contributed by atoms with van der Waals surface area (Å²) in [5.74, 6) is -0.809. The van der Waals surface area contributed by atoms with Gasteiger partial charge in [-0.15, -0.1) is 0 Å². The predicted molar refractivity (Wildman–Crippen MR) is 65.1 cm³/mol. The van der Waals surface area contributed by atoms with Gasteiger partial charge < -0.3 is 5.32 Å². The van der Waals surface area contributed by atoms with Crippen LogP contribution in [-0.2, 0) is 15.6 Å². The van der Waals surface area contributed by atoms with Gasteiger partial charge in [-0.2, -0.15) is 5.26 Å². The van der Waals surface area contributed by atoms with Crippen LogP contribution in [-0.4, -0.2) is 28.2 Å². The van der Waals surface area contributed by atoms with Gasteiger partial charge in [0.15, 0.2) is 0 Å². The average molecular weight is 244 g/mol. The van der Waals surface area contributed by atoms with Gasteiger partial charge in [0.25, 0.3) is 0 Å². The number of carbonyl (C=O) groups excluding carboxylic acids is 1. The highest BCUT2D eigenvalue weighted by atomic mass is 32.2. The first kappa shape index (κ1) is 15.1. The van der Waals surface area contributed by atoms with Gasteiger partial charge in [0.1, 0.15) is 5.92 Å². The quantitative estimate of drug-likeness (QED) is 0.759. The summed E-state index contributed by atoms with van der Waals surface area (Å²) in [6.07, 6.45) is 2.32. The van der Waals surface area contributed by atoms with Crippen molar-refractivity contribution in [1.29, 1.82) is 5.26 Å². The molecule has 0 radical (unpaired) electrons. The summed E-state index contributed by atoms with van der Waals surface area (Å²) in [6, 6.07) is 1.99. The zero-order valence-electron chi connectivity index (χ0n) is 10.3. The number of nitriles is 1. The number of hydrogen-bond donors (Lipinski definition) is 1. The lowest BCUT2D eigenvalue weighted by molar-refractivity contribution is -0.124. The van der Waals surface area contributed by atoms with Gasteiger partial charge in [0.05, 0.1) is 6.07 Å². The summed E-state index contributed by atoms with van der Waals surface area (Å²) in [5.41, 5.74) is 0. The third kappa shape index (κ3) is 5.26. The smallest absolute Gasteiger partial charge is 0.237 e. The molecule has 0 rings (SSSR count). The highest BCUT2D eigenvalue weighted by Gasteiger charge is 2.21. The Kier molecular flexibility index (Phi) is 6.98. The van der Waals surface area contributed by atoms with Gasteiger partial charge >= 0.3 is 0 Å². The Morgan fingerprint density at radius 1 is 1.44 bits per heavy atom. The third-order valence-electron chi connectivity index (χ3n) is 2.50. The van der Waals surface area contributed by atoms with Gasteiger partial charge in [0, 0.05) is 28.9 Å². The zero-order chi connectivity index (χ0) is 12.7. The molecule has 0 fully saturated rings. The molecule has 92 valence electrons. The van der Waals surface area contributed by atoms with Crippen molar-refractivity contribution in [3.8, 4) is 6.07 Å². The van der Waals surface area contributed by atoms with E-state index in [1.807, 2.05) is 26.8 Å². The molecule has 0 heterocycles. The van der Waals surface area contributed by atoms with Gasteiger partial charge in [-0.1, -0.05) is 20.8 Å². The highest BCUT2D eigenvalue weighted by molar-refractivity contribution is 7.84. The maximum absolute atomic E-state index is 11.6. The molecule has 0 aliphatic carbocycles. The van der Waals surface area contributed by atoms with E-state index in [9.17, 15) is 9.00 Å². The van der Waals surface area contributed by atoms with E-state index in [4.69, 9.17) is 5.26 Å². The SMILES string of the molecule is CC(C)C(C#N)C(=O)NCCC(C)S(C)=O. The van der Waals surface area contributed by atoms with Crippen molar-refractivity contribution >= 4 is 16.7 Å². The minimum Gasteiger partial charge on any atom is -0.355 e. The number of rotatable bonds is 6. The molecule has 0 aromatic rings. The van der Waals surface area contributed by atoms with E-state index in [0.29, 0.717) is 13.0 Å². The molecule has 3 atom stereocenters. The van der Waals surface area contributed by atoms with Crippen molar-refractivity contribution in [3.63, 3.8) is 0 Å². The molecule has 3 unspecified atom stereocenters. The topological polar surface area (TPSA) is 70.0 Å². The fourth-order valence-electron chi connectivity index (χ4n) is 1.18. The Bertz CT molecular complexity index is 297. The molecule has 5 heteroatoms. The zero-order valence-corrected chi connectivity index (χ0v) is 11.1. The second kappa shape index (κ2) is 7.39. The molecular weight excluding hydrogens is 224 g/mol. The van der Waals surface area contributed by atoms with Crippen molar-refractivity contribution in [2.75, 3.05) is 12.8 Å². The Balaban J connectivity index is 3.99. The number of amides is 1. The molecule has 0 aromatic carbocycles. The first-order chi connectivity index (χ1) is 7.40. The van der Waals surface area contributed by atoms with Crippen LogP contribution in [0, 0.1) is 23.2 Å². The standard InChI is InChI=1S/C11H20N2O2S/c1-8(2)10(7-12)11(14)13-6-5-9(3)16(4)15/h8-10H,5-6H2,1-4H3,(H,13,14). The second-order valence-electron chi connectivity index (χ2n) is 4.24. The molecule has 1 amide bonds. The Hall–Kier alpha value is -0.890. The van der Waals surface area contributed by atoms with Gasteiger partial charge in [0.2, 0.25) is 5.91 Å². The van der Waals surface area contributed by atoms with Crippen molar-refractivity contribution in [2.24, 2.45) is 11.8 Å². The second-order valence-corrected chi connectivity index (χ2v) is 6.04. The van der Waals surface area contributed by atoms with Crippen LogP contribution >= 0.6 is 0 Å². The highest BCUT2D eigenvalue weighted by Crippen LogP contribution is 2.09. The Labute approximate surface area is 99.9 Å². The van der Waals surface area contributed by atoms with Gasteiger partial charge in [-0.3, -0.25) is 9.00 Å². The van der Waals surface area contributed by atoms with Crippen LogP contribution in [0.4, 0.5) is 0 Å². The summed E-state index contributed by atoms with van der Waals surface area (Å²) in [5, 5.41) is 11.6. The fraction of sp³-hybridized carbons (Fsp3) is 0.818. The van der Waals surface area contributed by atoms with Crippen molar-refractivity contribution in [3.05, 3.63) is 0 Å². The molecule has 0 saturated carbocycles. The van der Waals surface area contributed by atoms with E-state index in [2.05, 4.69) is 5.32 Å². The first-order valence-electron chi connectivity index (χ1n) is 5.39. The minimum atomic E-state index is -0.863. The molecule has 0 spiro atoms. The van der Waals surface area contributed by atoms with Crippen molar-refractivity contribution in [1.82, 2.24) is 5.32 Å². The maximum Gasteiger partial charge on any atom is 0.237 e. The first-order valence-corrected chi connectivity index (χ1v) is 7.01. The molecule has 1 N–H and O–H groups in total. The fourth-order valence-corrected chi connectivity index (χ4v) is 1.63. The Morgan fingerprint density at radius 3 is 2.38 bits per heavy atom. The number of nitrogens with zero attached hydrogens (tertiary/aromatic N) is 1. The Morgan fingerprint density at radius 2 is 2.00 bits per heavy atom. The molecule has 0 aliphatic heterocycles. The van der Waals surface area contributed by atoms with Crippen LogP contribution < -0.4 is 5.32 Å². The largest absolute Gasteiger partial charge is 0.355 e. The minimum absolute atomic E-state index is 0.0164. The predicted octanol–water partition coefficient (Wildman–Crippen LogP) is 1.06. The monoisotopic (exact) mass is 244 g/mol. The third-order valence-corrected chi connectivity index (χ3v) is 3.87. The lowest BCUT2D eigenvalue weighted by Gasteiger charge is -2.14. The van der Waals surface area contributed by atoms with Crippen LogP contribution in [0.25, 0.3) is 0 Å². The summed E-state index contributed by atoms with van der Waals surface area (Å²) in [4.78, 5) is 11.6. The number of carbonyl (C=O) groups is 1. The van der Waals surface area contributed by atoms with Crippen LogP contribution in [0.15, 0.2) is 0 Å². The molecule has 0 aliphatic rings. The van der Waals surface area contributed by atoms with Gasteiger partial charge in [-0.05, 0) is 12.3 Å². The molecule has 4 nitrogen and oxygen atoms in total. The van der Waals surface area contributed by atoms with Gasteiger partial charge in [-0.25, -0.2) is 0 Å². The van der Waals surface area contributed by atoms with E-state index < -0.39 is 16.7 Å². The molecule has 0 aromatic heterocycles. The van der Waals surface area contributed by atoms with E-state index >= 15 is 0 Å². The van der Waals surface area contributed by atoms with E-state index in [-0.39, 0.29) is 17.1 Å². The van der Waals surface area contributed by atoms with Crippen LogP contribution in [0.5, 0.6) is 0 Å². The molecular formula is C11H20N2O2S. The number of nitrogens with one attached hydrogen (secondary N) is 1. The normalized spacial score (nSPS) is 16.2. The van der Waals surface area contributed by atoms with E-state index in [0.717, 1.165) is 0 Å². The summed E-state index contributed by atoms with van der Waals surface area (Å²) < 4.78 is 11.1. The number of hydrogen-bond acceptors (Lipinski definition) is 3. The van der Waals surface area contributed by atoms with Crippen LogP contribution in [0.3, 0.4) is 0 Å². The summed E-state index contributed by atoms with van der Waals surface area (Å²) in [7, 11) is -0.863. The van der Waals surface area contributed by atoms with Crippen LogP contribution in [0.1, 0.15) is 27.2 Å². The lowest BCUT2D eigenvalue weighted by Crippen LogP contribution is -2.34. The van der Waals surface area contributed by atoms with Crippen LogP contribution in [0.2, 0.25) is 0 Å². The lowest BCUT2D eigenvalue weighted by atomic mass is 9.97. The van der Waals surface area contributed by atoms with Crippen molar-refractivity contribution in [2.45, 2.75) is 32.4 Å². The summed E-state index contributed by atoms with van der Waals surface area (Å²) >= 11 is 0. The van der Waals surface area contributed by atoms with E-state index in [1.54, 1.807) is 6.26 Å². The molecule has 16 heavy (non-hydrogen) atoms. The molecule has 0 bridgehead atoms. The summed E-state index contributed by atoms with van der Waals surface area (Å²) in [6.45, 7) is 6.05. The van der Waals surface area contributed by atoms with Crippen molar-refractivity contribution < 1.29 is 9.00 Å². The molecule has 0 saturated heterocycles.